The van der Waals surface area contributed by atoms with Gasteiger partial charge in [0.15, 0.2) is 0 Å². The van der Waals surface area contributed by atoms with Crippen LogP contribution in [-0.4, -0.2) is 17.9 Å². The quantitative estimate of drug-likeness (QED) is 0.879. The van der Waals surface area contributed by atoms with E-state index >= 15 is 0 Å². The molecule has 2 amide bonds. The molecule has 0 radical (unpaired) electrons. The molecule has 1 N–H and O–H groups in total. The zero-order chi connectivity index (χ0) is 14.8. The molecule has 3 rings (SSSR count). The van der Waals surface area contributed by atoms with Gasteiger partial charge >= 0.3 is 0 Å². The molecular formula is C17H16N2O2. The smallest absolute Gasteiger partial charge is 0.256 e. The lowest BCUT2D eigenvalue weighted by atomic mass is 10.2. The van der Waals surface area contributed by atoms with E-state index in [1.54, 1.807) is 12.1 Å². The van der Waals surface area contributed by atoms with E-state index in [0.29, 0.717) is 5.69 Å². The van der Waals surface area contributed by atoms with Crippen molar-refractivity contribution in [1.82, 2.24) is 0 Å². The Hall–Kier alpha value is -2.62. The summed E-state index contributed by atoms with van der Waals surface area (Å²) in [6.45, 7) is 1.99. The Morgan fingerprint density at radius 1 is 1.05 bits per heavy atom. The van der Waals surface area contributed by atoms with Crippen LogP contribution < -0.4 is 10.2 Å². The standard InChI is InChI=1S/C17H16N2O2/c1-12-6-5-7-13(10-12)18-15-11-16(20)19(17(15)21)14-8-3-2-4-9-14/h2-10,15,18H,11H2,1H3. The number of hydrogen-bond donors (Lipinski definition) is 1. The van der Waals surface area contributed by atoms with Crippen LogP contribution >= 0.6 is 0 Å². The Balaban J connectivity index is 1.81. The van der Waals surface area contributed by atoms with Gasteiger partial charge in [0.1, 0.15) is 6.04 Å². The third kappa shape index (κ3) is 2.65. The molecule has 2 aromatic carbocycles. The van der Waals surface area contributed by atoms with Gasteiger partial charge in [0.05, 0.1) is 12.1 Å². The number of hydrogen-bond acceptors (Lipinski definition) is 3. The van der Waals surface area contributed by atoms with Crippen molar-refractivity contribution in [3.05, 3.63) is 60.2 Å². The number of carbonyl (C=O) groups is 2. The Bertz CT molecular complexity index is 682. The maximum Gasteiger partial charge on any atom is 0.256 e. The number of aryl methyl sites for hydroxylation is 1. The van der Waals surface area contributed by atoms with Gasteiger partial charge in [-0.1, -0.05) is 30.3 Å². The molecule has 1 unspecified atom stereocenters. The van der Waals surface area contributed by atoms with Crippen LogP contribution in [0.3, 0.4) is 0 Å². The highest BCUT2D eigenvalue weighted by Gasteiger charge is 2.39. The second kappa shape index (κ2) is 5.40. The minimum atomic E-state index is -0.500. The van der Waals surface area contributed by atoms with Crippen molar-refractivity contribution in [2.45, 2.75) is 19.4 Å². The molecule has 106 valence electrons. The number of imide groups is 1. The van der Waals surface area contributed by atoms with Crippen molar-refractivity contribution >= 4 is 23.2 Å². The minimum absolute atomic E-state index is 0.170. The molecule has 0 saturated carbocycles. The number of nitrogens with zero attached hydrogens (tertiary/aromatic N) is 1. The fourth-order valence-electron chi connectivity index (χ4n) is 2.53. The van der Waals surface area contributed by atoms with Gasteiger partial charge in [-0.15, -0.1) is 0 Å². The molecule has 21 heavy (non-hydrogen) atoms. The first-order valence-corrected chi connectivity index (χ1v) is 6.90. The summed E-state index contributed by atoms with van der Waals surface area (Å²) in [4.78, 5) is 25.8. The average molecular weight is 280 g/mol. The van der Waals surface area contributed by atoms with Crippen molar-refractivity contribution in [2.24, 2.45) is 0 Å². The predicted molar refractivity (Wildman–Crippen MR) is 82.1 cm³/mol. The number of rotatable bonds is 3. The molecule has 1 aliphatic rings. The lowest BCUT2D eigenvalue weighted by molar-refractivity contribution is -0.121. The first kappa shape index (κ1) is 13.4. The maximum atomic E-state index is 12.4. The van der Waals surface area contributed by atoms with Crippen LogP contribution in [0.15, 0.2) is 54.6 Å². The lowest BCUT2D eigenvalue weighted by Crippen LogP contribution is -2.34. The van der Waals surface area contributed by atoms with Gasteiger partial charge in [-0.3, -0.25) is 9.59 Å². The summed E-state index contributed by atoms with van der Waals surface area (Å²) in [6.07, 6.45) is 0.182. The van der Waals surface area contributed by atoms with Crippen molar-refractivity contribution in [1.29, 1.82) is 0 Å². The molecule has 0 spiro atoms. The zero-order valence-electron chi connectivity index (χ0n) is 11.7. The van der Waals surface area contributed by atoms with Gasteiger partial charge in [0, 0.05) is 5.69 Å². The number of nitrogens with one attached hydrogen (secondary N) is 1. The lowest BCUT2D eigenvalue weighted by Gasteiger charge is -2.16. The van der Waals surface area contributed by atoms with Gasteiger partial charge < -0.3 is 5.32 Å². The molecule has 4 heteroatoms. The monoisotopic (exact) mass is 280 g/mol. The molecule has 1 saturated heterocycles. The average Bonchev–Trinajstić information content (AvgIpc) is 2.74. The Morgan fingerprint density at radius 2 is 1.81 bits per heavy atom. The Kier molecular flexibility index (Phi) is 3.44. The van der Waals surface area contributed by atoms with Gasteiger partial charge in [-0.25, -0.2) is 4.90 Å². The van der Waals surface area contributed by atoms with Crippen LogP contribution in [-0.2, 0) is 9.59 Å². The van der Waals surface area contributed by atoms with E-state index in [2.05, 4.69) is 5.32 Å². The second-order valence-electron chi connectivity index (χ2n) is 5.17. The molecule has 1 fully saturated rings. The van der Waals surface area contributed by atoms with Crippen LogP contribution in [0.2, 0.25) is 0 Å². The second-order valence-corrected chi connectivity index (χ2v) is 5.17. The normalized spacial score (nSPS) is 18.1. The fourth-order valence-corrected chi connectivity index (χ4v) is 2.53. The molecule has 0 bridgehead atoms. The molecule has 4 nitrogen and oxygen atoms in total. The number of benzene rings is 2. The Morgan fingerprint density at radius 3 is 2.52 bits per heavy atom. The van der Waals surface area contributed by atoms with Crippen molar-refractivity contribution < 1.29 is 9.59 Å². The number of para-hydroxylation sites is 1. The van der Waals surface area contributed by atoms with Gasteiger partial charge in [-0.05, 0) is 36.8 Å². The highest BCUT2D eigenvalue weighted by molar-refractivity contribution is 6.23. The van der Waals surface area contributed by atoms with E-state index in [0.717, 1.165) is 11.3 Å². The van der Waals surface area contributed by atoms with Crippen LogP contribution in [0.1, 0.15) is 12.0 Å². The predicted octanol–water partition coefficient (Wildman–Crippen LogP) is 2.74. The van der Waals surface area contributed by atoms with E-state index in [1.165, 1.54) is 4.90 Å². The number of amides is 2. The topological polar surface area (TPSA) is 49.4 Å². The summed E-state index contributed by atoms with van der Waals surface area (Å²) in [5.41, 5.74) is 2.59. The third-order valence-corrected chi connectivity index (χ3v) is 3.52. The minimum Gasteiger partial charge on any atom is -0.373 e. The summed E-state index contributed by atoms with van der Waals surface area (Å²) in [6, 6.07) is 16.3. The van der Waals surface area contributed by atoms with Crippen molar-refractivity contribution in [3.8, 4) is 0 Å². The summed E-state index contributed by atoms with van der Waals surface area (Å²) in [7, 11) is 0. The molecule has 0 aliphatic carbocycles. The molecule has 2 aromatic rings. The third-order valence-electron chi connectivity index (χ3n) is 3.52. The summed E-state index contributed by atoms with van der Waals surface area (Å²) in [5.74, 6) is -0.371. The summed E-state index contributed by atoms with van der Waals surface area (Å²) >= 11 is 0. The number of anilines is 2. The van der Waals surface area contributed by atoms with Gasteiger partial charge in [0.25, 0.3) is 5.91 Å². The van der Waals surface area contributed by atoms with Crippen molar-refractivity contribution in [2.75, 3.05) is 10.2 Å². The van der Waals surface area contributed by atoms with E-state index in [-0.39, 0.29) is 18.2 Å². The molecule has 0 aromatic heterocycles. The first-order chi connectivity index (χ1) is 10.1. The van der Waals surface area contributed by atoms with Gasteiger partial charge in [0.2, 0.25) is 5.91 Å². The van der Waals surface area contributed by atoms with Crippen LogP contribution in [0.5, 0.6) is 0 Å². The molecular weight excluding hydrogens is 264 g/mol. The zero-order valence-corrected chi connectivity index (χ0v) is 11.7. The largest absolute Gasteiger partial charge is 0.373 e. The maximum absolute atomic E-state index is 12.4. The number of carbonyl (C=O) groups excluding carboxylic acids is 2. The van der Waals surface area contributed by atoms with E-state index < -0.39 is 6.04 Å². The van der Waals surface area contributed by atoms with Crippen LogP contribution in [0.4, 0.5) is 11.4 Å². The SMILES string of the molecule is Cc1cccc(NC2CC(=O)N(c3ccccc3)C2=O)c1. The first-order valence-electron chi connectivity index (χ1n) is 6.90. The Labute approximate surface area is 123 Å². The summed E-state index contributed by atoms with van der Waals surface area (Å²) < 4.78 is 0. The molecule has 1 aliphatic heterocycles. The highest BCUT2D eigenvalue weighted by Crippen LogP contribution is 2.24. The molecule has 1 heterocycles. The van der Waals surface area contributed by atoms with E-state index in [4.69, 9.17) is 0 Å². The van der Waals surface area contributed by atoms with Crippen molar-refractivity contribution in [3.63, 3.8) is 0 Å². The molecule has 1 atom stereocenters. The highest BCUT2D eigenvalue weighted by atomic mass is 16.2. The van der Waals surface area contributed by atoms with E-state index in [1.807, 2.05) is 49.4 Å². The van der Waals surface area contributed by atoms with Gasteiger partial charge in [-0.2, -0.15) is 0 Å². The van der Waals surface area contributed by atoms with Crippen LogP contribution in [0, 0.1) is 6.92 Å². The summed E-state index contributed by atoms with van der Waals surface area (Å²) in [5, 5.41) is 3.15. The fraction of sp³-hybridized carbons (Fsp3) is 0.176. The van der Waals surface area contributed by atoms with Crippen LogP contribution in [0.25, 0.3) is 0 Å². The van der Waals surface area contributed by atoms with E-state index in [9.17, 15) is 9.59 Å².